The topological polar surface area (TPSA) is 136 Å². The van der Waals surface area contributed by atoms with Crippen LogP contribution in [0.15, 0.2) is 48.5 Å². The largest absolute Gasteiger partial charge is 0.508 e. The molecule has 8 heteroatoms. The first-order chi connectivity index (χ1) is 12.8. The number of ketones is 1. The smallest absolute Gasteiger partial charge is 0.179 e. The van der Waals surface area contributed by atoms with Crippen molar-refractivity contribution in [3.8, 4) is 11.5 Å². The van der Waals surface area contributed by atoms with E-state index < -0.39 is 6.10 Å². The van der Waals surface area contributed by atoms with Crippen LogP contribution in [0.5, 0.6) is 11.5 Å². The molecule has 0 radical (unpaired) electrons. The minimum atomic E-state index is -0.661. The van der Waals surface area contributed by atoms with Crippen molar-refractivity contribution >= 4 is 5.78 Å². The molecule has 0 unspecified atom stereocenters. The molecule has 0 aliphatic carbocycles. The number of hydrogen-bond donors (Lipinski definition) is 6. The zero-order chi connectivity index (χ0) is 21.0. The summed E-state index contributed by atoms with van der Waals surface area (Å²) in [6, 6.07) is 12.1. The molecule has 0 saturated carbocycles. The minimum Gasteiger partial charge on any atom is -0.508 e. The summed E-state index contributed by atoms with van der Waals surface area (Å²) < 4.78 is 0. The van der Waals surface area contributed by atoms with Crippen molar-refractivity contribution in [3.05, 3.63) is 59.7 Å². The Bertz CT molecular complexity index is 663. The van der Waals surface area contributed by atoms with Crippen molar-refractivity contribution in [1.29, 1.82) is 0 Å². The molecule has 0 aromatic heterocycles. The fourth-order valence-corrected chi connectivity index (χ4v) is 1.98. The van der Waals surface area contributed by atoms with Crippen LogP contribution in [0.4, 0.5) is 0 Å². The molecule has 0 bridgehead atoms. The summed E-state index contributed by atoms with van der Waals surface area (Å²) in [5.74, 6) is 0.395. The average Bonchev–Trinajstić information content (AvgIpc) is 2.69. The third-order valence-electron chi connectivity index (χ3n) is 3.71. The third kappa shape index (κ3) is 10.4. The molecule has 0 heterocycles. The zero-order valence-corrected chi connectivity index (χ0v) is 17.2. The van der Waals surface area contributed by atoms with E-state index in [4.69, 9.17) is 21.1 Å². The van der Waals surface area contributed by atoms with Gasteiger partial charge in [0.25, 0.3) is 0 Å². The van der Waals surface area contributed by atoms with Gasteiger partial charge in [-0.1, -0.05) is 12.1 Å². The minimum absolute atomic E-state index is 0. The van der Waals surface area contributed by atoms with Crippen LogP contribution >= 0.6 is 0 Å². The molecule has 0 aliphatic heterocycles. The number of carbonyl (C=O) groups excluding carboxylic acids is 1. The van der Waals surface area contributed by atoms with Gasteiger partial charge in [0.2, 0.25) is 0 Å². The molecule has 0 fully saturated rings. The number of rotatable bonds is 5. The van der Waals surface area contributed by atoms with Gasteiger partial charge >= 0.3 is 0 Å². The van der Waals surface area contributed by atoms with Crippen molar-refractivity contribution < 1.29 is 63.0 Å². The second-order valence-electron chi connectivity index (χ2n) is 5.82. The molecule has 28 heavy (non-hydrogen) atoms. The molecular weight excluding hydrogens is 388 g/mol. The molecule has 2 rings (SSSR count). The molecule has 0 amide bonds. The summed E-state index contributed by atoms with van der Waals surface area (Å²) in [5.41, 5.74) is 6.83. The molecule has 7 nitrogen and oxygen atoms in total. The van der Waals surface area contributed by atoms with Crippen LogP contribution in [0.2, 0.25) is 0 Å². The Labute approximate surface area is 196 Å². The number of phenolic OH excluding ortho intramolecular Hbond substituents is 2. The Morgan fingerprint density at radius 3 is 1.68 bits per heavy atom. The van der Waals surface area contributed by atoms with Crippen LogP contribution in [-0.2, 0) is 0 Å². The number of hydrogen-bond acceptors (Lipinski definition) is 7. The van der Waals surface area contributed by atoms with Crippen LogP contribution in [0.1, 0.15) is 35.9 Å². The number of nitrogens with two attached hydrogens (primary N) is 1. The summed E-state index contributed by atoms with van der Waals surface area (Å²) in [5, 5.41) is 37.3. The van der Waals surface area contributed by atoms with Gasteiger partial charge in [-0.15, -0.1) is 0 Å². The van der Waals surface area contributed by atoms with Crippen molar-refractivity contribution in [3.63, 3.8) is 0 Å². The Morgan fingerprint density at radius 1 is 0.929 bits per heavy atom. The summed E-state index contributed by atoms with van der Waals surface area (Å²) in [6.45, 7) is 3.53. The van der Waals surface area contributed by atoms with Crippen molar-refractivity contribution in [1.82, 2.24) is 5.32 Å². The van der Waals surface area contributed by atoms with Gasteiger partial charge in [0.1, 0.15) is 11.5 Å². The zero-order valence-electron chi connectivity index (χ0n) is 16.5. The van der Waals surface area contributed by atoms with Crippen LogP contribution in [0, 0.1) is 37.7 Å². The van der Waals surface area contributed by atoms with Gasteiger partial charge < -0.3 is 31.5 Å². The maximum Gasteiger partial charge on any atom is 0.179 e. The first kappa shape index (κ1) is 29.0. The molecule has 2 aromatic rings. The molecule has 3 atom stereocenters. The number of benzene rings is 2. The van der Waals surface area contributed by atoms with Gasteiger partial charge in [-0.2, -0.15) is 0 Å². The Hall–Kier alpha value is -1.19. The number of likely N-dealkylation sites (N-methyl/N-ethyl adjacent to an activating group) is 1. The van der Waals surface area contributed by atoms with Gasteiger partial charge in [-0.3, -0.25) is 4.79 Å². The van der Waals surface area contributed by atoms with Gasteiger partial charge in [-0.25, -0.2) is 0 Å². The van der Waals surface area contributed by atoms with Gasteiger partial charge in [0.05, 0.1) is 12.1 Å². The number of aliphatic hydroxyl groups excluding tert-OH is 2. The van der Waals surface area contributed by atoms with Gasteiger partial charge in [0, 0.05) is 56.5 Å². The molecule has 7 N–H and O–H groups in total. The van der Waals surface area contributed by atoms with E-state index in [0.717, 1.165) is 12.7 Å². The number of Topliss-reactive ketones (excluding diaryl/α,β-unsaturated/α-hetero) is 1. The molecule has 0 saturated heterocycles. The second-order valence-corrected chi connectivity index (χ2v) is 5.82. The Kier molecular flexibility index (Phi) is 16.3. The van der Waals surface area contributed by atoms with Crippen LogP contribution < -0.4 is 11.1 Å². The van der Waals surface area contributed by atoms with Gasteiger partial charge in [-0.05, 0) is 62.9 Å². The van der Waals surface area contributed by atoms with Gasteiger partial charge in [0.15, 0.2) is 5.78 Å². The van der Waals surface area contributed by atoms with E-state index in [1.54, 1.807) is 45.2 Å². The number of nitrogens with one attached hydrogen (secondary N) is 1. The van der Waals surface area contributed by atoms with Crippen molar-refractivity contribution in [2.45, 2.75) is 32.0 Å². The van der Waals surface area contributed by atoms with E-state index in [0.29, 0.717) is 5.56 Å². The molecule has 0 spiro atoms. The van der Waals surface area contributed by atoms with E-state index in [1.165, 1.54) is 24.3 Å². The summed E-state index contributed by atoms with van der Waals surface area (Å²) in [6.07, 6.45) is -0.661. The standard InChI is InChI=1S/C10H13NO2.C9H13NO2.CH4O.Ar/c1-7(11-2)10(13)8-3-5-9(12)6-4-8;1-6(10)9(12)7-2-4-8(11)5-3-7;1-2;/h3-7,11-12H,1-2H3;2-6,9,11-12H,10H2,1H3;2H,1H3;/t7-;6-,9-;;/m00../s1. The first-order valence-corrected chi connectivity index (χ1v) is 8.44. The fourth-order valence-electron chi connectivity index (χ4n) is 1.98. The normalized spacial score (nSPS) is 12.7. The van der Waals surface area contributed by atoms with E-state index in [-0.39, 0.29) is 67.1 Å². The molecule has 0 aliphatic rings. The first-order valence-electron chi connectivity index (χ1n) is 8.44. The number of aromatic hydroxyl groups is 2. The maximum absolute atomic E-state index is 11.5. The Morgan fingerprint density at radius 2 is 1.32 bits per heavy atom. The number of aliphatic hydroxyl groups is 2. The molecular formula is C20H30ArN2O5. The summed E-state index contributed by atoms with van der Waals surface area (Å²) >= 11 is 0. The quantitative estimate of drug-likeness (QED) is 0.406. The van der Waals surface area contributed by atoms with E-state index in [9.17, 15) is 9.90 Å². The van der Waals surface area contributed by atoms with Crippen molar-refractivity contribution in [2.24, 2.45) is 5.73 Å². The second kappa shape index (κ2) is 15.7. The average molecular weight is 418 g/mol. The van der Waals surface area contributed by atoms with E-state index >= 15 is 0 Å². The Balaban J connectivity index is 0. The molecule has 158 valence electrons. The summed E-state index contributed by atoms with van der Waals surface area (Å²) in [4.78, 5) is 11.5. The predicted octanol–water partition coefficient (Wildman–Crippen LogP) is 1.56. The van der Waals surface area contributed by atoms with Crippen LogP contribution in [0.25, 0.3) is 0 Å². The van der Waals surface area contributed by atoms with E-state index in [2.05, 4.69) is 5.32 Å². The molecule has 2 aromatic carbocycles. The summed E-state index contributed by atoms with van der Waals surface area (Å²) in [7, 11) is 2.74. The third-order valence-corrected chi connectivity index (χ3v) is 3.71. The maximum atomic E-state index is 11.5. The fraction of sp³-hybridized carbons (Fsp3) is 0.350. The van der Waals surface area contributed by atoms with E-state index in [1.807, 2.05) is 0 Å². The van der Waals surface area contributed by atoms with Crippen LogP contribution in [0.3, 0.4) is 0 Å². The predicted molar refractivity (Wildman–Crippen MR) is 106 cm³/mol. The monoisotopic (exact) mass is 418 g/mol. The number of carbonyl (C=O) groups is 1. The van der Waals surface area contributed by atoms with Crippen molar-refractivity contribution in [2.75, 3.05) is 14.2 Å². The number of phenols is 2. The SMILES string of the molecule is CN[C@@H](C)C(=O)c1ccc(O)cc1.CO.C[C@H](N)[C@H](O)c1ccc(O)cc1.[Ar]. The van der Waals surface area contributed by atoms with Crippen LogP contribution in [-0.4, -0.2) is 52.5 Å².